The molecule has 0 unspecified atom stereocenters. The molecule has 1 heterocycles. The van der Waals surface area contributed by atoms with Gasteiger partial charge in [-0.1, -0.05) is 18.2 Å². The van der Waals surface area contributed by atoms with Crippen molar-refractivity contribution in [2.75, 3.05) is 45.8 Å². The Morgan fingerprint density at radius 3 is 2.46 bits per heavy atom. The summed E-state index contributed by atoms with van der Waals surface area (Å²) >= 11 is 0. The number of carbonyl (C=O) groups excluding carboxylic acids is 1. The third-order valence-corrected chi connectivity index (χ3v) is 5.09. The van der Waals surface area contributed by atoms with Gasteiger partial charge in [0.2, 0.25) is 5.91 Å². The van der Waals surface area contributed by atoms with Gasteiger partial charge in [0, 0.05) is 31.0 Å². The number of benzene rings is 2. The third-order valence-electron chi connectivity index (χ3n) is 5.09. The van der Waals surface area contributed by atoms with Gasteiger partial charge in [-0.3, -0.25) is 4.79 Å². The molecular formula is C22H27FN2O3. The molecule has 1 aliphatic rings. The molecule has 1 N–H and O–H groups in total. The predicted octanol–water partition coefficient (Wildman–Crippen LogP) is 3.45. The van der Waals surface area contributed by atoms with Crippen molar-refractivity contribution in [1.29, 1.82) is 0 Å². The predicted molar refractivity (Wildman–Crippen MR) is 107 cm³/mol. The van der Waals surface area contributed by atoms with Crippen molar-refractivity contribution < 1.29 is 18.7 Å². The number of rotatable bonds is 7. The first kappa shape index (κ1) is 20.3. The van der Waals surface area contributed by atoms with Crippen LogP contribution in [0.3, 0.4) is 0 Å². The Bertz CT molecular complexity index is 787. The van der Waals surface area contributed by atoms with Gasteiger partial charge in [-0.05, 0) is 57.3 Å². The maximum Gasteiger partial charge on any atom is 0.235 e. The van der Waals surface area contributed by atoms with E-state index in [0.29, 0.717) is 43.9 Å². The Hall–Kier alpha value is -2.44. The second-order valence-corrected chi connectivity index (χ2v) is 7.30. The number of nitrogens with one attached hydrogen (secondary N) is 1. The second kappa shape index (κ2) is 9.17. The topological polar surface area (TPSA) is 50.8 Å². The first-order valence-corrected chi connectivity index (χ1v) is 9.53. The lowest BCUT2D eigenvalue weighted by Crippen LogP contribution is -2.45. The van der Waals surface area contributed by atoms with E-state index in [1.54, 1.807) is 30.3 Å². The van der Waals surface area contributed by atoms with Crippen LogP contribution < -0.4 is 10.1 Å². The van der Waals surface area contributed by atoms with Crippen LogP contribution in [-0.2, 0) is 14.9 Å². The fraction of sp³-hybridized carbons (Fsp3) is 0.409. The quantitative estimate of drug-likeness (QED) is 0.792. The monoisotopic (exact) mass is 386 g/mol. The van der Waals surface area contributed by atoms with E-state index in [1.165, 1.54) is 6.07 Å². The van der Waals surface area contributed by atoms with Crippen LogP contribution in [0.5, 0.6) is 5.75 Å². The lowest BCUT2D eigenvalue weighted by Gasteiger charge is -2.36. The average molecular weight is 386 g/mol. The number of hydrogen-bond acceptors (Lipinski definition) is 4. The smallest absolute Gasteiger partial charge is 0.235 e. The van der Waals surface area contributed by atoms with Crippen LogP contribution in [0.15, 0.2) is 48.5 Å². The zero-order valence-corrected chi connectivity index (χ0v) is 16.4. The standard InChI is InChI=1S/C22H27FN2O3/c1-25(2)13-16-28-18-9-7-17(8-10-18)24-21(26)22(11-14-27-15-12-22)19-5-3-4-6-20(19)23/h3-10H,11-16H2,1-2H3,(H,24,26). The van der Waals surface area contributed by atoms with Crippen molar-refractivity contribution in [1.82, 2.24) is 4.90 Å². The molecule has 2 aromatic carbocycles. The minimum atomic E-state index is -0.926. The van der Waals surface area contributed by atoms with E-state index in [-0.39, 0.29) is 11.7 Å². The molecule has 1 fully saturated rings. The highest BCUT2D eigenvalue weighted by Crippen LogP contribution is 2.37. The maximum atomic E-state index is 14.5. The number of likely N-dealkylation sites (N-methyl/N-ethyl adjacent to an activating group) is 1. The van der Waals surface area contributed by atoms with E-state index in [2.05, 4.69) is 5.32 Å². The van der Waals surface area contributed by atoms with Crippen LogP contribution in [0.2, 0.25) is 0 Å². The summed E-state index contributed by atoms with van der Waals surface area (Å²) in [5.74, 6) is 0.182. The molecule has 150 valence electrons. The van der Waals surface area contributed by atoms with Crippen molar-refractivity contribution in [3.05, 3.63) is 59.9 Å². The zero-order chi connectivity index (χ0) is 20.0. The summed E-state index contributed by atoms with van der Waals surface area (Å²) in [6, 6.07) is 13.8. The minimum Gasteiger partial charge on any atom is -0.492 e. The normalized spacial score (nSPS) is 16.0. The Balaban J connectivity index is 1.73. The molecule has 0 aromatic heterocycles. The molecule has 0 spiro atoms. The molecule has 0 atom stereocenters. The largest absolute Gasteiger partial charge is 0.492 e. The second-order valence-electron chi connectivity index (χ2n) is 7.30. The lowest BCUT2D eigenvalue weighted by atomic mass is 9.73. The molecule has 1 amide bonds. The highest BCUT2D eigenvalue weighted by molar-refractivity contribution is 5.99. The molecule has 0 aliphatic carbocycles. The fourth-order valence-electron chi connectivity index (χ4n) is 3.42. The Morgan fingerprint density at radius 1 is 1.14 bits per heavy atom. The van der Waals surface area contributed by atoms with Crippen molar-refractivity contribution in [3.8, 4) is 5.75 Å². The molecule has 0 radical (unpaired) electrons. The lowest BCUT2D eigenvalue weighted by molar-refractivity contribution is -0.125. The summed E-state index contributed by atoms with van der Waals surface area (Å²) < 4.78 is 25.6. The van der Waals surface area contributed by atoms with E-state index in [1.807, 2.05) is 31.1 Å². The molecule has 1 saturated heterocycles. The van der Waals surface area contributed by atoms with Gasteiger partial charge in [0.1, 0.15) is 18.2 Å². The van der Waals surface area contributed by atoms with Gasteiger partial charge < -0.3 is 19.7 Å². The van der Waals surface area contributed by atoms with Crippen LogP contribution in [-0.4, -0.2) is 51.3 Å². The molecule has 1 aliphatic heterocycles. The zero-order valence-electron chi connectivity index (χ0n) is 16.4. The van der Waals surface area contributed by atoms with Crippen molar-refractivity contribution in [2.45, 2.75) is 18.3 Å². The van der Waals surface area contributed by atoms with Crippen molar-refractivity contribution in [3.63, 3.8) is 0 Å². The van der Waals surface area contributed by atoms with Gasteiger partial charge in [-0.25, -0.2) is 4.39 Å². The average Bonchev–Trinajstić information content (AvgIpc) is 2.70. The molecule has 0 bridgehead atoms. The van der Waals surface area contributed by atoms with Crippen molar-refractivity contribution in [2.24, 2.45) is 0 Å². The summed E-state index contributed by atoms with van der Waals surface area (Å²) in [6.45, 7) is 2.28. The van der Waals surface area contributed by atoms with Crippen LogP contribution in [0.4, 0.5) is 10.1 Å². The Morgan fingerprint density at radius 2 is 1.82 bits per heavy atom. The van der Waals surface area contributed by atoms with Gasteiger partial charge in [-0.2, -0.15) is 0 Å². The van der Waals surface area contributed by atoms with Crippen molar-refractivity contribution >= 4 is 11.6 Å². The SMILES string of the molecule is CN(C)CCOc1ccc(NC(=O)C2(c3ccccc3F)CCOCC2)cc1. The number of carbonyl (C=O) groups is 1. The Labute approximate surface area is 165 Å². The number of anilines is 1. The van der Waals surface area contributed by atoms with E-state index in [0.717, 1.165) is 12.3 Å². The van der Waals surface area contributed by atoms with Gasteiger partial charge in [0.05, 0.1) is 5.41 Å². The molecular weight excluding hydrogens is 359 g/mol. The van der Waals surface area contributed by atoms with Gasteiger partial charge in [-0.15, -0.1) is 0 Å². The van der Waals surface area contributed by atoms with E-state index in [4.69, 9.17) is 9.47 Å². The summed E-state index contributed by atoms with van der Waals surface area (Å²) in [6.07, 6.45) is 0.900. The minimum absolute atomic E-state index is 0.206. The van der Waals surface area contributed by atoms with Crippen LogP contribution in [0, 0.1) is 5.82 Å². The highest BCUT2D eigenvalue weighted by atomic mass is 19.1. The van der Waals surface area contributed by atoms with E-state index >= 15 is 0 Å². The molecule has 0 saturated carbocycles. The molecule has 6 heteroatoms. The first-order chi connectivity index (χ1) is 13.5. The molecule has 5 nitrogen and oxygen atoms in total. The van der Waals surface area contributed by atoms with Gasteiger partial charge in [0.25, 0.3) is 0 Å². The number of amides is 1. The number of hydrogen-bond donors (Lipinski definition) is 1. The number of halogens is 1. The molecule has 28 heavy (non-hydrogen) atoms. The van der Waals surface area contributed by atoms with Crippen LogP contribution in [0.1, 0.15) is 18.4 Å². The summed E-state index contributed by atoms with van der Waals surface area (Å²) in [4.78, 5) is 15.3. The van der Waals surface area contributed by atoms with Crippen LogP contribution >= 0.6 is 0 Å². The maximum absolute atomic E-state index is 14.5. The van der Waals surface area contributed by atoms with Crippen LogP contribution in [0.25, 0.3) is 0 Å². The fourth-order valence-corrected chi connectivity index (χ4v) is 3.42. The number of nitrogens with zero attached hydrogens (tertiary/aromatic N) is 1. The van der Waals surface area contributed by atoms with E-state index in [9.17, 15) is 9.18 Å². The van der Waals surface area contributed by atoms with Gasteiger partial charge >= 0.3 is 0 Å². The summed E-state index contributed by atoms with van der Waals surface area (Å²) in [7, 11) is 3.98. The third kappa shape index (κ3) is 4.69. The number of ether oxygens (including phenoxy) is 2. The highest BCUT2D eigenvalue weighted by Gasteiger charge is 2.43. The Kier molecular flexibility index (Phi) is 6.65. The summed E-state index contributed by atoms with van der Waals surface area (Å²) in [5.41, 5.74) is 0.163. The summed E-state index contributed by atoms with van der Waals surface area (Å²) in [5, 5.41) is 2.95. The molecule has 3 rings (SSSR count). The van der Waals surface area contributed by atoms with E-state index < -0.39 is 5.41 Å². The molecule has 2 aromatic rings. The van der Waals surface area contributed by atoms with Gasteiger partial charge in [0.15, 0.2) is 0 Å². The first-order valence-electron chi connectivity index (χ1n) is 9.53.